The molecule has 1 N–H and O–H groups in total. The number of ether oxygens (including phenoxy) is 2. The molecule has 4 aromatic rings. The van der Waals surface area contributed by atoms with E-state index >= 15 is 0 Å². The van der Waals surface area contributed by atoms with Crippen molar-refractivity contribution in [1.82, 2.24) is 4.90 Å². The fourth-order valence-corrected chi connectivity index (χ4v) is 5.24. The van der Waals surface area contributed by atoms with Crippen LogP contribution in [0.3, 0.4) is 0 Å². The standard InChI is InChI=1S/C35H37N3O4/c1-26-9-6-7-12-29(26)25-38(33(39)23-27-10-4-3-5-11-27)34(28-13-8-14-32(24-28)41-2)35(40)36-30-15-17-31(18-16-30)37-19-21-42-22-20-37/h3-18,24,34H,19-23,25H2,1-2H3,(H,36,40). The Hall–Kier alpha value is -4.62. The van der Waals surface area contributed by atoms with Crippen LogP contribution in [0.1, 0.15) is 28.3 Å². The maximum atomic E-state index is 14.2. The molecule has 7 heteroatoms. The highest BCUT2D eigenvalue weighted by molar-refractivity contribution is 5.98. The first-order valence-corrected chi connectivity index (χ1v) is 14.3. The van der Waals surface area contributed by atoms with Gasteiger partial charge >= 0.3 is 0 Å². The van der Waals surface area contributed by atoms with Gasteiger partial charge in [0.05, 0.1) is 26.7 Å². The SMILES string of the molecule is COc1cccc(C(C(=O)Nc2ccc(N3CCOCC3)cc2)N(Cc2ccccc2C)C(=O)Cc2ccccc2)c1. The number of anilines is 2. The monoisotopic (exact) mass is 563 g/mol. The predicted molar refractivity (Wildman–Crippen MR) is 166 cm³/mol. The van der Waals surface area contributed by atoms with Gasteiger partial charge in [-0.15, -0.1) is 0 Å². The average molecular weight is 564 g/mol. The Balaban J connectivity index is 1.49. The van der Waals surface area contributed by atoms with Crippen LogP contribution in [0.2, 0.25) is 0 Å². The molecular formula is C35H37N3O4. The second-order valence-electron chi connectivity index (χ2n) is 10.4. The largest absolute Gasteiger partial charge is 0.497 e. The van der Waals surface area contributed by atoms with Crippen molar-refractivity contribution >= 4 is 23.2 Å². The molecule has 216 valence electrons. The van der Waals surface area contributed by atoms with Gasteiger partial charge in [0.15, 0.2) is 0 Å². The molecule has 0 bridgehead atoms. The van der Waals surface area contributed by atoms with E-state index in [1.54, 1.807) is 12.0 Å². The summed E-state index contributed by atoms with van der Waals surface area (Å²) in [5, 5.41) is 3.09. The van der Waals surface area contributed by atoms with Crippen LogP contribution in [0.25, 0.3) is 0 Å². The van der Waals surface area contributed by atoms with E-state index < -0.39 is 6.04 Å². The lowest BCUT2D eigenvalue weighted by atomic mass is 10.00. The van der Waals surface area contributed by atoms with E-state index in [0.29, 0.717) is 30.2 Å². The van der Waals surface area contributed by atoms with Gasteiger partial charge in [0.25, 0.3) is 5.91 Å². The molecule has 0 spiro atoms. The predicted octanol–water partition coefficient (Wildman–Crippen LogP) is 5.79. The number of methoxy groups -OCH3 is 1. The van der Waals surface area contributed by atoms with Crippen LogP contribution in [0.15, 0.2) is 103 Å². The topological polar surface area (TPSA) is 71.1 Å². The van der Waals surface area contributed by atoms with Crippen LogP contribution in [-0.4, -0.2) is 50.1 Å². The molecule has 0 aromatic heterocycles. The van der Waals surface area contributed by atoms with Crippen molar-refractivity contribution < 1.29 is 19.1 Å². The fourth-order valence-electron chi connectivity index (χ4n) is 5.24. The second kappa shape index (κ2) is 13.8. The molecule has 7 nitrogen and oxygen atoms in total. The number of hydrogen-bond acceptors (Lipinski definition) is 5. The second-order valence-corrected chi connectivity index (χ2v) is 10.4. The van der Waals surface area contributed by atoms with Crippen LogP contribution < -0.4 is 15.0 Å². The number of carbonyl (C=O) groups excluding carboxylic acids is 2. The van der Waals surface area contributed by atoms with E-state index in [4.69, 9.17) is 9.47 Å². The Morgan fingerprint density at radius 2 is 1.62 bits per heavy atom. The molecule has 1 heterocycles. The summed E-state index contributed by atoms with van der Waals surface area (Å²) >= 11 is 0. The molecule has 2 amide bonds. The highest BCUT2D eigenvalue weighted by Gasteiger charge is 2.32. The number of morpholine rings is 1. The normalized spacial score (nSPS) is 13.7. The number of nitrogens with zero attached hydrogens (tertiary/aromatic N) is 2. The van der Waals surface area contributed by atoms with Crippen molar-refractivity contribution in [2.24, 2.45) is 0 Å². The van der Waals surface area contributed by atoms with Crippen LogP contribution in [0.4, 0.5) is 11.4 Å². The maximum Gasteiger partial charge on any atom is 0.251 e. The quantitative estimate of drug-likeness (QED) is 0.264. The van der Waals surface area contributed by atoms with Gasteiger partial charge in [0.1, 0.15) is 11.8 Å². The number of aryl methyl sites for hydroxylation is 1. The van der Waals surface area contributed by atoms with Gasteiger partial charge in [-0.3, -0.25) is 9.59 Å². The minimum Gasteiger partial charge on any atom is -0.497 e. The number of benzene rings is 4. The molecule has 1 unspecified atom stereocenters. The third-order valence-electron chi connectivity index (χ3n) is 7.60. The van der Waals surface area contributed by atoms with Gasteiger partial charge in [0, 0.05) is 31.0 Å². The van der Waals surface area contributed by atoms with E-state index in [0.717, 1.165) is 35.5 Å². The fraction of sp³-hybridized carbons (Fsp3) is 0.257. The van der Waals surface area contributed by atoms with Crippen molar-refractivity contribution in [3.05, 3.63) is 125 Å². The highest BCUT2D eigenvalue weighted by Crippen LogP contribution is 2.30. The molecule has 1 saturated heterocycles. The summed E-state index contributed by atoms with van der Waals surface area (Å²) in [6, 6.07) is 31.9. The lowest BCUT2D eigenvalue weighted by Crippen LogP contribution is -2.41. The van der Waals surface area contributed by atoms with Crippen LogP contribution in [0, 0.1) is 6.92 Å². The molecule has 1 fully saturated rings. The molecule has 1 aliphatic heterocycles. The molecule has 0 aliphatic carbocycles. The van der Waals surface area contributed by atoms with Crippen molar-refractivity contribution in [2.75, 3.05) is 43.6 Å². The molecule has 1 aliphatic rings. The average Bonchev–Trinajstić information content (AvgIpc) is 3.03. The first kappa shape index (κ1) is 28.9. The van der Waals surface area contributed by atoms with Crippen molar-refractivity contribution in [3.63, 3.8) is 0 Å². The van der Waals surface area contributed by atoms with E-state index in [9.17, 15) is 9.59 Å². The first-order chi connectivity index (χ1) is 20.5. The number of carbonyl (C=O) groups is 2. The van der Waals surface area contributed by atoms with Gasteiger partial charge in [-0.05, 0) is 65.6 Å². The molecule has 0 saturated carbocycles. The zero-order chi connectivity index (χ0) is 29.3. The third-order valence-corrected chi connectivity index (χ3v) is 7.60. The van der Waals surface area contributed by atoms with Crippen molar-refractivity contribution in [2.45, 2.75) is 25.9 Å². The van der Waals surface area contributed by atoms with E-state index in [-0.39, 0.29) is 24.8 Å². The minimum absolute atomic E-state index is 0.143. The zero-order valence-electron chi connectivity index (χ0n) is 24.2. The Morgan fingerprint density at radius 1 is 0.905 bits per heavy atom. The van der Waals surface area contributed by atoms with Gasteiger partial charge in [-0.1, -0.05) is 66.7 Å². The number of amides is 2. The summed E-state index contributed by atoms with van der Waals surface area (Å²) < 4.78 is 11.0. The number of rotatable bonds is 10. The van der Waals surface area contributed by atoms with Crippen molar-refractivity contribution in [3.8, 4) is 5.75 Å². The Bertz CT molecular complexity index is 1480. The van der Waals surface area contributed by atoms with E-state index in [1.807, 2.05) is 110 Å². The molecule has 5 rings (SSSR count). The molecular weight excluding hydrogens is 526 g/mol. The van der Waals surface area contributed by atoms with Crippen LogP contribution in [-0.2, 0) is 27.3 Å². The number of hydrogen-bond donors (Lipinski definition) is 1. The summed E-state index contributed by atoms with van der Waals surface area (Å²) in [5.74, 6) is 0.180. The Morgan fingerprint density at radius 3 is 2.33 bits per heavy atom. The molecule has 0 radical (unpaired) electrons. The lowest BCUT2D eigenvalue weighted by Gasteiger charge is -2.32. The highest BCUT2D eigenvalue weighted by atomic mass is 16.5. The minimum atomic E-state index is -0.894. The van der Waals surface area contributed by atoms with Gasteiger partial charge in [-0.2, -0.15) is 0 Å². The molecule has 4 aromatic carbocycles. The summed E-state index contributed by atoms with van der Waals surface area (Å²) in [7, 11) is 1.59. The summed E-state index contributed by atoms with van der Waals surface area (Å²) in [6.07, 6.45) is 0.175. The smallest absolute Gasteiger partial charge is 0.251 e. The van der Waals surface area contributed by atoms with E-state index in [1.165, 1.54) is 0 Å². The van der Waals surface area contributed by atoms with Crippen LogP contribution >= 0.6 is 0 Å². The molecule has 42 heavy (non-hydrogen) atoms. The summed E-state index contributed by atoms with van der Waals surface area (Å²) in [4.78, 5) is 32.2. The summed E-state index contributed by atoms with van der Waals surface area (Å²) in [6.45, 7) is 5.38. The Kier molecular flexibility index (Phi) is 9.51. The third kappa shape index (κ3) is 7.17. The lowest BCUT2D eigenvalue weighted by molar-refractivity contribution is -0.139. The molecule has 1 atom stereocenters. The maximum absolute atomic E-state index is 14.2. The van der Waals surface area contributed by atoms with Gasteiger partial charge in [-0.25, -0.2) is 0 Å². The summed E-state index contributed by atoms with van der Waals surface area (Å²) in [5.41, 5.74) is 5.34. The first-order valence-electron chi connectivity index (χ1n) is 14.3. The van der Waals surface area contributed by atoms with Crippen LogP contribution in [0.5, 0.6) is 5.75 Å². The zero-order valence-corrected chi connectivity index (χ0v) is 24.2. The van der Waals surface area contributed by atoms with Gasteiger partial charge in [0.2, 0.25) is 5.91 Å². The number of nitrogens with one attached hydrogen (secondary N) is 1. The Labute approximate surface area is 247 Å². The van der Waals surface area contributed by atoms with Crippen molar-refractivity contribution in [1.29, 1.82) is 0 Å². The van der Waals surface area contributed by atoms with E-state index in [2.05, 4.69) is 10.2 Å². The van der Waals surface area contributed by atoms with Gasteiger partial charge < -0.3 is 24.6 Å².